The molecule has 13 N–H and O–H groups in total. The maximum atomic E-state index is 10.1. The summed E-state index contributed by atoms with van der Waals surface area (Å²) < 4.78 is 1.63. The molecular weight excluding hydrogens is 608 g/mol. The van der Waals surface area contributed by atoms with Crippen LogP contribution in [0.5, 0.6) is 0 Å². The number of benzene rings is 1. The van der Waals surface area contributed by atoms with Crippen LogP contribution >= 0.6 is 0 Å². The minimum atomic E-state index is -1.55. The third-order valence-electron chi connectivity index (χ3n) is 6.87. The molecule has 1 aromatic heterocycles. The number of hydrogen-bond acceptors (Lipinski definition) is 15. The first-order valence-corrected chi connectivity index (χ1v) is 15.5. The summed E-state index contributed by atoms with van der Waals surface area (Å²) in [5.41, 5.74) is 1.74. The van der Waals surface area contributed by atoms with Gasteiger partial charge in [-0.15, -0.1) is 5.10 Å². The summed E-state index contributed by atoms with van der Waals surface area (Å²) in [4.78, 5) is 10.1. The Balaban J connectivity index is 0.000000683. The van der Waals surface area contributed by atoms with Gasteiger partial charge in [0.25, 0.3) is 0 Å². The van der Waals surface area contributed by atoms with E-state index >= 15 is 0 Å². The fourth-order valence-electron chi connectivity index (χ4n) is 4.02. The number of aliphatic hydroxyl groups is 10. The third-order valence-corrected chi connectivity index (χ3v) is 6.87. The number of nitrogens with zero attached hydrogens (tertiary/aromatic N) is 3. The lowest BCUT2D eigenvalue weighted by Crippen LogP contribution is -2.49. The van der Waals surface area contributed by atoms with Crippen molar-refractivity contribution in [3.05, 3.63) is 24.3 Å². The van der Waals surface area contributed by atoms with E-state index in [1.165, 1.54) is 25.7 Å². The minimum Gasteiger partial charge on any atom is -0.394 e. The van der Waals surface area contributed by atoms with Gasteiger partial charge >= 0.3 is 0 Å². The topological polar surface area (TPSA) is 286 Å². The van der Waals surface area contributed by atoms with Crippen LogP contribution in [0.1, 0.15) is 45.4 Å². The molecule has 1 amide bonds. The van der Waals surface area contributed by atoms with Crippen LogP contribution in [0.25, 0.3) is 11.0 Å². The van der Waals surface area contributed by atoms with Gasteiger partial charge in [0.15, 0.2) is 0 Å². The van der Waals surface area contributed by atoms with Crippen LogP contribution in [0.2, 0.25) is 0 Å². The largest absolute Gasteiger partial charge is 0.394 e. The van der Waals surface area contributed by atoms with Crippen molar-refractivity contribution in [1.29, 1.82) is 0 Å². The molecule has 0 bridgehead atoms. The fourth-order valence-corrected chi connectivity index (χ4v) is 4.02. The fraction of sp³-hybridized carbons (Fsp3) is 0.759. The molecule has 8 atom stereocenters. The summed E-state index contributed by atoms with van der Waals surface area (Å²) in [6.45, 7) is 2.19. The number of carbonyl (C=O) groups is 1. The summed E-state index contributed by atoms with van der Waals surface area (Å²) in [5, 5.41) is 107. The zero-order valence-electron chi connectivity index (χ0n) is 26.7. The summed E-state index contributed by atoms with van der Waals surface area (Å²) in [7, 11) is 1.57. The zero-order valence-corrected chi connectivity index (χ0v) is 26.7. The Hall–Kier alpha value is -2.39. The van der Waals surface area contributed by atoms with Crippen molar-refractivity contribution < 1.29 is 55.9 Å². The molecule has 46 heavy (non-hydrogen) atoms. The summed E-state index contributed by atoms with van der Waals surface area (Å²) >= 11 is 0. The number of aliphatic hydroxyl groups excluding tert-OH is 10. The highest BCUT2D eigenvalue weighted by atomic mass is 16.4. The van der Waals surface area contributed by atoms with Crippen molar-refractivity contribution in [2.24, 2.45) is 0 Å². The molecule has 1 heterocycles. The van der Waals surface area contributed by atoms with Crippen molar-refractivity contribution in [2.75, 3.05) is 39.9 Å². The summed E-state index contributed by atoms with van der Waals surface area (Å²) in [5.74, 6) is 0. The van der Waals surface area contributed by atoms with Crippen LogP contribution in [-0.2, 0) is 11.5 Å². The summed E-state index contributed by atoms with van der Waals surface area (Å²) in [6, 6.07) is 7.58. The molecule has 17 nitrogen and oxygen atoms in total. The molecule has 0 radical (unpaired) electrons. The van der Waals surface area contributed by atoms with Crippen molar-refractivity contribution in [3.8, 4) is 0 Å². The van der Waals surface area contributed by atoms with Gasteiger partial charge in [-0.2, -0.15) is 0 Å². The number of para-hydroxylation sites is 1. The molecule has 0 aliphatic rings. The van der Waals surface area contributed by atoms with E-state index in [9.17, 15) is 25.2 Å². The molecule has 0 saturated carbocycles. The first-order valence-electron chi connectivity index (χ1n) is 15.5. The van der Waals surface area contributed by atoms with Crippen LogP contribution < -0.4 is 16.0 Å². The predicted molar refractivity (Wildman–Crippen MR) is 169 cm³/mol. The number of carbonyl (C=O) groups excluding carboxylic acids is 1. The molecular formula is C29H56N6O11. The highest BCUT2D eigenvalue weighted by Crippen LogP contribution is 2.09. The first-order chi connectivity index (χ1) is 22.0. The van der Waals surface area contributed by atoms with Crippen LogP contribution in [0.4, 0.5) is 0 Å². The standard InChI is InChI=1S/C14H31NO5.C8H8N4O.C7H17NO5/c1-2-3-4-5-6-7-8-15-9-11(17)13(19)14(20)12(18)10-16;13-6-9-5-12-8-4-2-1-3-7(8)10-11-12;1-8-2-4(10)6(12)7(13)5(11)3-9/h11-20H,2-10H2,1H3;1-4,6H,5H2,(H,9,13);4-13H,2-3H2,1H3/t11-,12+,13+,14+;;4-,5+,6+,7+/m0.0/s1. The number of fused-ring (bicyclic) bond motifs is 1. The van der Waals surface area contributed by atoms with Crippen molar-refractivity contribution >= 4 is 17.4 Å². The Kier molecular flexibility index (Phi) is 25.3. The summed E-state index contributed by atoms with van der Waals surface area (Å²) in [6.07, 6.45) is -3.56. The van der Waals surface area contributed by atoms with Crippen molar-refractivity contribution in [2.45, 2.75) is 101 Å². The smallest absolute Gasteiger partial charge is 0.208 e. The monoisotopic (exact) mass is 664 g/mol. The first kappa shape index (κ1) is 43.6. The van der Waals surface area contributed by atoms with Crippen molar-refractivity contribution in [1.82, 2.24) is 30.9 Å². The van der Waals surface area contributed by atoms with Gasteiger partial charge < -0.3 is 67.0 Å². The molecule has 0 aliphatic heterocycles. The quantitative estimate of drug-likeness (QED) is 0.0424. The van der Waals surface area contributed by atoms with Crippen LogP contribution in [0, 0.1) is 0 Å². The minimum absolute atomic E-state index is 0.0936. The van der Waals surface area contributed by atoms with Crippen LogP contribution in [-0.4, -0.2) is 161 Å². The Morgan fingerprint density at radius 2 is 1.28 bits per heavy atom. The number of amides is 1. The van der Waals surface area contributed by atoms with E-state index in [0.29, 0.717) is 13.1 Å². The lowest BCUT2D eigenvalue weighted by Gasteiger charge is -2.25. The molecule has 0 fully saturated rings. The second-order valence-electron chi connectivity index (χ2n) is 10.7. The molecule has 0 spiro atoms. The highest BCUT2D eigenvalue weighted by molar-refractivity contribution is 5.73. The number of nitrogens with one attached hydrogen (secondary N) is 3. The molecule has 0 saturated heterocycles. The Labute approximate surface area is 269 Å². The maximum Gasteiger partial charge on any atom is 0.208 e. The van der Waals surface area contributed by atoms with Crippen molar-refractivity contribution in [3.63, 3.8) is 0 Å². The second kappa shape index (κ2) is 26.7. The van der Waals surface area contributed by atoms with Gasteiger partial charge in [0.2, 0.25) is 6.41 Å². The normalized spacial score (nSPS) is 16.4. The molecule has 1 aromatic carbocycles. The van der Waals surface area contributed by atoms with E-state index in [0.717, 1.165) is 30.4 Å². The number of likely N-dealkylation sites (N-methyl/N-ethyl adjacent to an activating group) is 1. The predicted octanol–water partition coefficient (Wildman–Crippen LogP) is -3.85. The number of hydrogen-bond donors (Lipinski definition) is 13. The maximum absolute atomic E-state index is 10.1. The van der Waals surface area contributed by atoms with E-state index in [1.54, 1.807) is 11.7 Å². The SMILES string of the molecule is CCCCCCCCNC[C@H](O)[C@@H](O)[C@H](O)[C@H](O)CO.CNC[C@H](O)[C@@H](O)[C@H](O)[C@H](O)CO.O=CNCn1nnc2ccccc21. The zero-order chi connectivity index (χ0) is 34.9. The van der Waals surface area contributed by atoms with Gasteiger partial charge in [-0.3, -0.25) is 4.79 Å². The molecule has 268 valence electrons. The average Bonchev–Trinajstić information content (AvgIpc) is 3.49. The second-order valence-corrected chi connectivity index (χ2v) is 10.7. The molecule has 0 aliphatic carbocycles. The van der Waals surface area contributed by atoms with E-state index < -0.39 is 62.0 Å². The number of aromatic nitrogens is 3. The molecule has 2 aromatic rings. The van der Waals surface area contributed by atoms with E-state index in [-0.39, 0.29) is 13.1 Å². The van der Waals surface area contributed by atoms with E-state index in [1.807, 2.05) is 24.3 Å². The van der Waals surface area contributed by atoms with Gasteiger partial charge in [0.05, 0.1) is 30.9 Å². The molecule has 0 unspecified atom stereocenters. The van der Waals surface area contributed by atoms with E-state index in [4.69, 9.17) is 30.6 Å². The third kappa shape index (κ3) is 17.5. The van der Waals surface area contributed by atoms with Gasteiger partial charge in [-0.25, -0.2) is 4.68 Å². The van der Waals surface area contributed by atoms with Gasteiger partial charge in [-0.05, 0) is 32.1 Å². The highest BCUT2D eigenvalue weighted by Gasteiger charge is 2.30. The van der Waals surface area contributed by atoms with Gasteiger partial charge in [0.1, 0.15) is 48.8 Å². The van der Waals surface area contributed by atoms with Crippen LogP contribution in [0.15, 0.2) is 24.3 Å². The Morgan fingerprint density at radius 3 is 1.83 bits per heavy atom. The number of rotatable bonds is 22. The van der Waals surface area contributed by atoms with Crippen LogP contribution in [0.3, 0.4) is 0 Å². The number of unbranched alkanes of at least 4 members (excludes halogenated alkanes) is 5. The molecule has 2 rings (SSSR count). The Bertz CT molecular complexity index is 1010. The Morgan fingerprint density at radius 1 is 0.761 bits per heavy atom. The molecule has 17 heteroatoms. The lowest BCUT2D eigenvalue weighted by molar-refractivity contribution is -0.113. The van der Waals surface area contributed by atoms with E-state index in [2.05, 4.69) is 33.2 Å². The lowest BCUT2D eigenvalue weighted by atomic mass is 10.0. The van der Waals surface area contributed by atoms with Gasteiger partial charge in [-0.1, -0.05) is 56.4 Å². The van der Waals surface area contributed by atoms with Gasteiger partial charge in [0, 0.05) is 13.1 Å². The average molecular weight is 665 g/mol.